The third-order valence-corrected chi connectivity index (χ3v) is 2.59. The van der Waals surface area contributed by atoms with E-state index in [0.29, 0.717) is 5.56 Å². The number of aliphatic hydroxyl groups excluding tert-OH is 1. The van der Waals surface area contributed by atoms with Gasteiger partial charge in [-0.3, -0.25) is 4.79 Å². The van der Waals surface area contributed by atoms with Crippen molar-refractivity contribution in [3.8, 4) is 11.5 Å². The number of benzene rings is 1. The second-order valence-electron chi connectivity index (χ2n) is 3.96. The van der Waals surface area contributed by atoms with Crippen molar-refractivity contribution in [1.82, 2.24) is 0 Å². The fourth-order valence-corrected chi connectivity index (χ4v) is 1.68. The molecule has 0 aliphatic heterocycles. The van der Waals surface area contributed by atoms with Crippen LogP contribution in [0.3, 0.4) is 0 Å². The Morgan fingerprint density at radius 2 is 2.05 bits per heavy atom. The van der Waals surface area contributed by atoms with E-state index in [1.807, 2.05) is 0 Å². The van der Waals surface area contributed by atoms with Crippen LogP contribution < -0.4 is 4.74 Å². The van der Waals surface area contributed by atoms with Crippen LogP contribution >= 0.6 is 0 Å². The van der Waals surface area contributed by atoms with Gasteiger partial charge in [-0.25, -0.2) is 0 Å². The number of esters is 1. The summed E-state index contributed by atoms with van der Waals surface area (Å²) < 4.78 is 14.9. The highest BCUT2D eigenvalue weighted by atomic mass is 16.5. The first-order valence-electron chi connectivity index (χ1n) is 5.70. The minimum Gasteiger partial charge on any atom is -0.504 e. The fourth-order valence-electron chi connectivity index (χ4n) is 1.68. The van der Waals surface area contributed by atoms with Crippen LogP contribution in [0.15, 0.2) is 18.2 Å². The molecule has 0 radical (unpaired) electrons. The molecule has 1 aromatic rings. The van der Waals surface area contributed by atoms with Gasteiger partial charge in [-0.15, -0.1) is 0 Å². The second kappa shape index (κ2) is 6.96. The van der Waals surface area contributed by atoms with E-state index < -0.39 is 18.2 Å². The minimum absolute atomic E-state index is 0.00409. The summed E-state index contributed by atoms with van der Waals surface area (Å²) in [6, 6.07) is 4.60. The lowest BCUT2D eigenvalue weighted by Crippen LogP contribution is -2.26. The second-order valence-corrected chi connectivity index (χ2v) is 3.96. The van der Waals surface area contributed by atoms with E-state index in [-0.39, 0.29) is 18.1 Å². The Morgan fingerprint density at radius 3 is 2.58 bits per heavy atom. The number of hydrogen-bond donors (Lipinski definition) is 2. The number of carbonyl (C=O) groups is 1. The normalized spacial score (nSPS) is 13.7. The van der Waals surface area contributed by atoms with Crippen molar-refractivity contribution in [3.63, 3.8) is 0 Å². The number of aromatic hydroxyl groups is 1. The molecule has 19 heavy (non-hydrogen) atoms. The average molecular weight is 270 g/mol. The van der Waals surface area contributed by atoms with Gasteiger partial charge in [-0.2, -0.15) is 0 Å². The first kappa shape index (κ1) is 15.3. The lowest BCUT2D eigenvalue weighted by atomic mass is 10.0. The smallest absolute Gasteiger partial charge is 0.302 e. The van der Waals surface area contributed by atoms with E-state index in [1.54, 1.807) is 12.1 Å². The van der Waals surface area contributed by atoms with Crippen LogP contribution in [0.1, 0.15) is 18.6 Å². The highest BCUT2D eigenvalue weighted by molar-refractivity contribution is 5.65. The first-order valence-corrected chi connectivity index (χ1v) is 5.70. The molecule has 6 nitrogen and oxygen atoms in total. The zero-order chi connectivity index (χ0) is 14.4. The van der Waals surface area contributed by atoms with Gasteiger partial charge in [0, 0.05) is 14.0 Å². The van der Waals surface area contributed by atoms with Crippen LogP contribution in [0, 0.1) is 0 Å². The van der Waals surface area contributed by atoms with Gasteiger partial charge in [-0.1, -0.05) is 6.07 Å². The summed E-state index contributed by atoms with van der Waals surface area (Å²) in [5.41, 5.74) is 0.608. The maximum absolute atomic E-state index is 10.7. The molecule has 0 aromatic heterocycles. The van der Waals surface area contributed by atoms with Crippen LogP contribution in [0.5, 0.6) is 11.5 Å². The Balaban J connectivity index is 2.86. The van der Waals surface area contributed by atoms with Crippen molar-refractivity contribution in [2.24, 2.45) is 0 Å². The molecule has 0 aliphatic carbocycles. The number of phenols is 1. The molecule has 0 amide bonds. The van der Waals surface area contributed by atoms with E-state index >= 15 is 0 Å². The van der Waals surface area contributed by atoms with Gasteiger partial charge in [0.1, 0.15) is 18.8 Å². The van der Waals surface area contributed by atoms with Crippen LogP contribution in [0.4, 0.5) is 0 Å². The zero-order valence-electron chi connectivity index (χ0n) is 11.1. The van der Waals surface area contributed by atoms with Crippen molar-refractivity contribution < 1.29 is 29.2 Å². The Kier molecular flexibility index (Phi) is 5.59. The van der Waals surface area contributed by atoms with E-state index in [9.17, 15) is 15.0 Å². The van der Waals surface area contributed by atoms with Gasteiger partial charge in [0.2, 0.25) is 0 Å². The van der Waals surface area contributed by atoms with Gasteiger partial charge >= 0.3 is 5.97 Å². The molecule has 0 saturated heterocycles. The Hall–Kier alpha value is -1.79. The maximum Gasteiger partial charge on any atom is 0.302 e. The summed E-state index contributed by atoms with van der Waals surface area (Å²) in [7, 11) is 2.86. The topological polar surface area (TPSA) is 85.2 Å². The number of aliphatic hydroxyl groups is 1. The third kappa shape index (κ3) is 4.11. The monoisotopic (exact) mass is 270 g/mol. The molecule has 1 rings (SSSR count). The summed E-state index contributed by atoms with van der Waals surface area (Å²) in [6.45, 7) is 1.09. The lowest BCUT2D eigenvalue weighted by molar-refractivity contribution is -0.147. The van der Waals surface area contributed by atoms with Crippen molar-refractivity contribution in [1.29, 1.82) is 0 Å². The fraction of sp³-hybridized carbons (Fsp3) is 0.462. The first-order chi connectivity index (χ1) is 8.99. The molecule has 6 heteroatoms. The summed E-state index contributed by atoms with van der Waals surface area (Å²) in [5, 5.41) is 19.4. The number of ether oxygens (including phenoxy) is 3. The van der Waals surface area contributed by atoms with E-state index in [1.165, 1.54) is 27.2 Å². The number of hydrogen-bond acceptors (Lipinski definition) is 6. The Morgan fingerprint density at radius 1 is 1.37 bits per heavy atom. The quantitative estimate of drug-likeness (QED) is 0.750. The maximum atomic E-state index is 10.7. The molecule has 0 aliphatic rings. The predicted molar refractivity (Wildman–Crippen MR) is 67.0 cm³/mol. The van der Waals surface area contributed by atoms with E-state index in [2.05, 4.69) is 0 Å². The zero-order valence-corrected chi connectivity index (χ0v) is 11.1. The van der Waals surface area contributed by atoms with Crippen molar-refractivity contribution in [2.75, 3.05) is 20.8 Å². The molecular weight excluding hydrogens is 252 g/mol. The molecule has 2 atom stereocenters. The molecule has 106 valence electrons. The molecule has 0 unspecified atom stereocenters. The van der Waals surface area contributed by atoms with Gasteiger partial charge < -0.3 is 24.4 Å². The van der Waals surface area contributed by atoms with Crippen molar-refractivity contribution >= 4 is 5.97 Å². The van der Waals surface area contributed by atoms with Gasteiger partial charge in [0.05, 0.1) is 7.11 Å². The van der Waals surface area contributed by atoms with Crippen LogP contribution in [-0.2, 0) is 14.3 Å². The highest BCUT2D eigenvalue weighted by Gasteiger charge is 2.23. The summed E-state index contributed by atoms with van der Waals surface area (Å²) >= 11 is 0. The van der Waals surface area contributed by atoms with Crippen LogP contribution in [0.25, 0.3) is 0 Å². The number of methoxy groups -OCH3 is 2. The highest BCUT2D eigenvalue weighted by Crippen LogP contribution is 2.31. The molecular formula is C13H18O6. The summed E-state index contributed by atoms with van der Waals surface area (Å²) in [5.74, 6) is -0.202. The molecule has 0 heterocycles. The third-order valence-electron chi connectivity index (χ3n) is 2.59. The number of carbonyl (C=O) groups excluding carboxylic acids is 1. The minimum atomic E-state index is -1.01. The van der Waals surface area contributed by atoms with Gasteiger partial charge in [-0.05, 0) is 17.7 Å². The molecule has 1 aromatic carbocycles. The SMILES string of the molecule is COc1cc([C@@H](OC)[C@H](O)COC(C)=O)ccc1O. The van der Waals surface area contributed by atoms with Crippen LogP contribution in [0.2, 0.25) is 0 Å². The largest absolute Gasteiger partial charge is 0.504 e. The van der Waals surface area contributed by atoms with E-state index in [4.69, 9.17) is 14.2 Å². The standard InChI is InChI=1S/C13H18O6/c1-8(14)19-7-11(16)13(18-3)9-4-5-10(15)12(6-9)17-2/h4-6,11,13,15-16H,7H2,1-3H3/t11-,13-/m1/s1. The Labute approximate surface area is 111 Å². The van der Waals surface area contributed by atoms with E-state index in [0.717, 1.165) is 0 Å². The summed E-state index contributed by atoms with van der Waals surface area (Å²) in [4.78, 5) is 10.7. The predicted octanol–water partition coefficient (Wildman–Crippen LogP) is 1.01. The van der Waals surface area contributed by atoms with Crippen LogP contribution in [-0.4, -0.2) is 43.1 Å². The summed E-state index contributed by atoms with van der Waals surface area (Å²) in [6.07, 6.45) is -1.70. The van der Waals surface area contributed by atoms with Crippen molar-refractivity contribution in [3.05, 3.63) is 23.8 Å². The lowest BCUT2D eigenvalue weighted by Gasteiger charge is -2.22. The Bertz CT molecular complexity index is 431. The molecule has 0 fully saturated rings. The molecule has 0 saturated carbocycles. The van der Waals surface area contributed by atoms with Gasteiger partial charge in [0.15, 0.2) is 11.5 Å². The van der Waals surface area contributed by atoms with Crippen molar-refractivity contribution in [2.45, 2.75) is 19.1 Å². The number of rotatable bonds is 6. The molecule has 2 N–H and O–H groups in total. The molecule has 0 bridgehead atoms. The molecule has 0 spiro atoms. The average Bonchev–Trinajstić information content (AvgIpc) is 2.39. The number of phenolic OH excluding ortho intramolecular Hbond substituents is 1. The van der Waals surface area contributed by atoms with Gasteiger partial charge in [0.25, 0.3) is 0 Å².